The highest BCUT2D eigenvalue weighted by Gasteiger charge is 2.17. The van der Waals surface area contributed by atoms with Gasteiger partial charge in [-0.2, -0.15) is 0 Å². The van der Waals surface area contributed by atoms with Crippen LogP contribution in [0.4, 0.5) is 0 Å². The Morgan fingerprint density at radius 3 is 2.57 bits per heavy atom. The smallest absolute Gasteiger partial charge is 0.173 e. The van der Waals surface area contributed by atoms with Crippen LogP contribution in [0.5, 0.6) is 11.5 Å². The Morgan fingerprint density at radius 1 is 1.13 bits per heavy atom. The first-order chi connectivity index (χ1) is 11.0. The summed E-state index contributed by atoms with van der Waals surface area (Å²) in [7, 11) is 1.62. The van der Waals surface area contributed by atoms with Crippen molar-refractivity contribution >= 4 is 29.0 Å². The first kappa shape index (κ1) is 17.6. The fourth-order valence-electron chi connectivity index (χ4n) is 2.20. The molecule has 0 N–H and O–H groups in total. The van der Waals surface area contributed by atoms with Gasteiger partial charge >= 0.3 is 0 Å². The first-order valence-electron chi connectivity index (χ1n) is 7.27. The van der Waals surface area contributed by atoms with E-state index < -0.39 is 6.10 Å². The van der Waals surface area contributed by atoms with E-state index in [0.717, 1.165) is 11.3 Å². The van der Waals surface area contributed by atoms with Crippen molar-refractivity contribution < 1.29 is 14.3 Å². The second kappa shape index (κ2) is 8.23. The van der Waals surface area contributed by atoms with Gasteiger partial charge in [-0.15, -0.1) is 0 Å². The summed E-state index contributed by atoms with van der Waals surface area (Å²) in [5.74, 6) is 1.24. The molecule has 1 unspecified atom stereocenters. The number of ether oxygens (including phenoxy) is 2. The molecule has 0 saturated carbocycles. The molecule has 2 aromatic rings. The molecule has 0 aromatic heterocycles. The van der Waals surface area contributed by atoms with Gasteiger partial charge in [-0.25, -0.2) is 0 Å². The molecule has 0 aliphatic carbocycles. The number of Topliss-reactive ketones (excluding diaryl/α,β-unsaturated/α-hetero) is 1. The number of rotatable bonds is 7. The molecule has 5 heteroatoms. The van der Waals surface area contributed by atoms with Gasteiger partial charge in [-0.05, 0) is 43.2 Å². The molecule has 2 aromatic carbocycles. The highest BCUT2D eigenvalue weighted by molar-refractivity contribution is 6.35. The average Bonchev–Trinajstić information content (AvgIpc) is 2.55. The van der Waals surface area contributed by atoms with Crippen molar-refractivity contribution in [3.8, 4) is 11.5 Å². The lowest BCUT2D eigenvalue weighted by Crippen LogP contribution is -2.24. The molecule has 0 aliphatic rings. The Kier molecular flexibility index (Phi) is 6.31. The van der Waals surface area contributed by atoms with Gasteiger partial charge in [0.05, 0.1) is 12.1 Å². The van der Waals surface area contributed by atoms with Crippen molar-refractivity contribution in [3.05, 3.63) is 58.1 Å². The maximum absolute atomic E-state index is 12.3. The Morgan fingerprint density at radius 2 is 1.87 bits per heavy atom. The molecule has 0 amide bonds. The fourth-order valence-corrected chi connectivity index (χ4v) is 2.65. The minimum atomic E-state index is -0.580. The third-order valence-corrected chi connectivity index (χ3v) is 4.01. The summed E-state index contributed by atoms with van der Waals surface area (Å²) in [5.41, 5.74) is 1.00. The van der Waals surface area contributed by atoms with Crippen molar-refractivity contribution in [2.45, 2.75) is 25.9 Å². The van der Waals surface area contributed by atoms with Gasteiger partial charge < -0.3 is 9.47 Å². The van der Waals surface area contributed by atoms with E-state index >= 15 is 0 Å². The SMILES string of the molecule is COc1ccccc1CCC(=O)C(C)Oc1ccc(Cl)cc1Cl. The van der Waals surface area contributed by atoms with Crippen molar-refractivity contribution in [2.75, 3.05) is 7.11 Å². The normalized spacial score (nSPS) is 11.8. The zero-order valence-electron chi connectivity index (χ0n) is 13.0. The van der Waals surface area contributed by atoms with Crippen molar-refractivity contribution in [1.29, 1.82) is 0 Å². The third-order valence-electron chi connectivity index (χ3n) is 3.48. The molecule has 1 atom stereocenters. The number of ketones is 1. The first-order valence-corrected chi connectivity index (χ1v) is 8.03. The van der Waals surface area contributed by atoms with E-state index in [1.807, 2.05) is 24.3 Å². The number of benzene rings is 2. The molecule has 23 heavy (non-hydrogen) atoms. The molecule has 3 nitrogen and oxygen atoms in total. The van der Waals surface area contributed by atoms with Crippen LogP contribution in [0.3, 0.4) is 0 Å². The Labute approximate surface area is 146 Å². The van der Waals surface area contributed by atoms with Crippen LogP contribution in [0.15, 0.2) is 42.5 Å². The van der Waals surface area contributed by atoms with Gasteiger partial charge in [0.25, 0.3) is 0 Å². The summed E-state index contributed by atoms with van der Waals surface area (Å²) >= 11 is 11.9. The molecular weight excluding hydrogens is 335 g/mol. The zero-order valence-corrected chi connectivity index (χ0v) is 14.5. The summed E-state index contributed by atoms with van der Waals surface area (Å²) < 4.78 is 10.9. The van der Waals surface area contributed by atoms with E-state index in [0.29, 0.717) is 28.6 Å². The fraction of sp³-hybridized carbons (Fsp3) is 0.278. The lowest BCUT2D eigenvalue weighted by Gasteiger charge is -2.15. The van der Waals surface area contributed by atoms with E-state index in [1.54, 1.807) is 32.2 Å². The lowest BCUT2D eigenvalue weighted by atomic mass is 10.0. The van der Waals surface area contributed by atoms with E-state index in [1.165, 1.54) is 0 Å². The summed E-state index contributed by atoms with van der Waals surface area (Å²) in [6, 6.07) is 12.6. The van der Waals surface area contributed by atoms with Crippen LogP contribution in [0.25, 0.3) is 0 Å². The van der Waals surface area contributed by atoms with Gasteiger partial charge in [0, 0.05) is 11.4 Å². The minimum absolute atomic E-state index is 0.00178. The Bertz CT molecular complexity index is 686. The second-order valence-electron chi connectivity index (χ2n) is 5.11. The van der Waals surface area contributed by atoms with E-state index in [4.69, 9.17) is 32.7 Å². The number of carbonyl (C=O) groups is 1. The van der Waals surface area contributed by atoms with Gasteiger partial charge in [-0.3, -0.25) is 4.79 Å². The summed E-state index contributed by atoms with van der Waals surface area (Å²) in [5, 5.41) is 0.916. The molecular formula is C18H18Cl2O3. The molecule has 0 bridgehead atoms. The summed E-state index contributed by atoms with van der Waals surface area (Å²) in [6.45, 7) is 1.72. The second-order valence-corrected chi connectivity index (χ2v) is 5.96. The predicted molar refractivity (Wildman–Crippen MR) is 92.9 cm³/mol. The van der Waals surface area contributed by atoms with E-state index in [-0.39, 0.29) is 5.78 Å². The maximum atomic E-state index is 12.3. The number of hydrogen-bond acceptors (Lipinski definition) is 3. The standard InChI is InChI=1S/C18H18Cl2O3/c1-12(23-18-10-8-14(19)11-15(18)20)16(21)9-7-13-5-3-4-6-17(13)22-2/h3-6,8,10-12H,7,9H2,1-2H3. The average molecular weight is 353 g/mol. The van der Waals surface area contributed by atoms with Crippen LogP contribution in [-0.4, -0.2) is 19.0 Å². The molecule has 0 spiro atoms. The number of aryl methyl sites for hydroxylation is 1. The number of methoxy groups -OCH3 is 1. The molecule has 0 fully saturated rings. The molecule has 0 aliphatic heterocycles. The lowest BCUT2D eigenvalue weighted by molar-refractivity contribution is -0.125. The monoisotopic (exact) mass is 352 g/mol. The largest absolute Gasteiger partial charge is 0.496 e. The van der Waals surface area contributed by atoms with Crippen LogP contribution in [-0.2, 0) is 11.2 Å². The molecule has 0 saturated heterocycles. The molecule has 0 heterocycles. The van der Waals surface area contributed by atoms with Crippen LogP contribution < -0.4 is 9.47 Å². The highest BCUT2D eigenvalue weighted by atomic mass is 35.5. The van der Waals surface area contributed by atoms with Crippen molar-refractivity contribution in [1.82, 2.24) is 0 Å². The number of para-hydroxylation sites is 1. The van der Waals surface area contributed by atoms with Crippen molar-refractivity contribution in [3.63, 3.8) is 0 Å². The Hall–Kier alpha value is -1.71. The van der Waals surface area contributed by atoms with Gasteiger partial charge in [0.1, 0.15) is 11.5 Å². The summed E-state index contributed by atoms with van der Waals surface area (Å²) in [6.07, 6.45) is 0.390. The van der Waals surface area contributed by atoms with Crippen LogP contribution >= 0.6 is 23.2 Å². The van der Waals surface area contributed by atoms with Crippen LogP contribution in [0.1, 0.15) is 18.9 Å². The molecule has 0 radical (unpaired) electrons. The van der Waals surface area contributed by atoms with Crippen LogP contribution in [0, 0.1) is 0 Å². The number of carbonyl (C=O) groups excluding carboxylic acids is 1. The number of halogens is 2. The van der Waals surface area contributed by atoms with E-state index in [2.05, 4.69) is 0 Å². The zero-order chi connectivity index (χ0) is 16.8. The molecule has 122 valence electrons. The quantitative estimate of drug-likeness (QED) is 0.705. The Balaban J connectivity index is 1.95. The van der Waals surface area contributed by atoms with Gasteiger partial charge in [0.15, 0.2) is 11.9 Å². The van der Waals surface area contributed by atoms with Crippen LogP contribution in [0.2, 0.25) is 10.0 Å². The van der Waals surface area contributed by atoms with Crippen molar-refractivity contribution in [2.24, 2.45) is 0 Å². The van der Waals surface area contributed by atoms with E-state index in [9.17, 15) is 4.79 Å². The maximum Gasteiger partial charge on any atom is 0.173 e. The third kappa shape index (κ3) is 4.88. The molecule has 2 rings (SSSR count). The highest BCUT2D eigenvalue weighted by Crippen LogP contribution is 2.28. The van der Waals surface area contributed by atoms with Gasteiger partial charge in [-0.1, -0.05) is 41.4 Å². The minimum Gasteiger partial charge on any atom is -0.496 e. The summed E-state index contributed by atoms with van der Waals surface area (Å²) in [4.78, 5) is 12.3. The predicted octanol–water partition coefficient (Wildman–Crippen LogP) is 4.97. The topological polar surface area (TPSA) is 35.5 Å². The number of hydrogen-bond donors (Lipinski definition) is 0. The van der Waals surface area contributed by atoms with Gasteiger partial charge in [0.2, 0.25) is 0 Å².